The molecule has 0 saturated carbocycles. The summed E-state index contributed by atoms with van der Waals surface area (Å²) in [5.74, 6) is -0.175. The lowest BCUT2D eigenvalue weighted by atomic mass is 10.1. The molecule has 0 unspecified atom stereocenters. The molecule has 1 fully saturated rings. The van der Waals surface area contributed by atoms with E-state index in [1.165, 1.54) is 9.64 Å². The number of anilines is 1. The maximum Gasteiger partial charge on any atom is 0.277 e. The van der Waals surface area contributed by atoms with E-state index < -0.39 is 0 Å². The van der Waals surface area contributed by atoms with Crippen molar-refractivity contribution in [2.75, 3.05) is 38.1 Å². The van der Waals surface area contributed by atoms with E-state index in [-0.39, 0.29) is 11.5 Å². The average Bonchev–Trinajstić information content (AvgIpc) is 3.04. The quantitative estimate of drug-likeness (QED) is 0.694. The number of piperazine rings is 1. The summed E-state index contributed by atoms with van der Waals surface area (Å²) in [5.41, 5.74) is 2.07. The Morgan fingerprint density at radius 1 is 1.11 bits per heavy atom. The molecule has 140 valence electrons. The van der Waals surface area contributed by atoms with Crippen LogP contribution < -0.4 is 10.5 Å². The van der Waals surface area contributed by atoms with Crippen molar-refractivity contribution in [2.24, 2.45) is 0 Å². The number of likely N-dealkylation sites (N-methyl/N-ethyl adjacent to an activating group) is 1. The lowest BCUT2D eigenvalue weighted by Crippen LogP contribution is -2.44. The Morgan fingerprint density at radius 2 is 1.85 bits per heavy atom. The highest BCUT2D eigenvalue weighted by Gasteiger charge is 2.16. The minimum atomic E-state index is -0.265. The number of benzene rings is 1. The van der Waals surface area contributed by atoms with Gasteiger partial charge in [0.25, 0.3) is 5.56 Å². The third-order valence-corrected chi connectivity index (χ3v) is 6.07. The standard InChI is InChI=1S/C20H22N4O2S/c1-22-11-13-23(14-12-22)16-7-4-15(5-8-16)6-9-18(25)24-20(26)17-3-2-10-21-19(17)27-24/h2-5,7-8,10H,6,9,11-14H2,1H3. The van der Waals surface area contributed by atoms with E-state index in [1.807, 2.05) is 0 Å². The molecule has 6 nitrogen and oxygen atoms in total. The number of rotatable bonds is 4. The van der Waals surface area contributed by atoms with Crippen molar-refractivity contribution in [2.45, 2.75) is 12.8 Å². The van der Waals surface area contributed by atoms with E-state index in [2.05, 4.69) is 46.1 Å². The zero-order valence-corrected chi connectivity index (χ0v) is 16.1. The van der Waals surface area contributed by atoms with Crippen LogP contribution in [0.5, 0.6) is 0 Å². The first kappa shape index (κ1) is 17.9. The number of hydrogen-bond donors (Lipinski definition) is 0. The van der Waals surface area contributed by atoms with E-state index in [0.717, 1.165) is 43.3 Å². The molecule has 0 atom stereocenters. The van der Waals surface area contributed by atoms with Gasteiger partial charge in [-0.2, -0.15) is 3.96 Å². The van der Waals surface area contributed by atoms with Gasteiger partial charge in [-0.1, -0.05) is 12.1 Å². The molecule has 0 spiro atoms. The van der Waals surface area contributed by atoms with E-state index >= 15 is 0 Å². The van der Waals surface area contributed by atoms with Crippen molar-refractivity contribution in [3.8, 4) is 0 Å². The summed E-state index contributed by atoms with van der Waals surface area (Å²) < 4.78 is 1.23. The number of aromatic nitrogens is 2. The van der Waals surface area contributed by atoms with E-state index in [9.17, 15) is 9.59 Å². The molecule has 4 rings (SSSR count). The predicted molar refractivity (Wildman–Crippen MR) is 109 cm³/mol. The van der Waals surface area contributed by atoms with Crippen LogP contribution in [0.15, 0.2) is 47.4 Å². The summed E-state index contributed by atoms with van der Waals surface area (Å²) >= 11 is 1.12. The average molecular weight is 382 g/mol. The van der Waals surface area contributed by atoms with Gasteiger partial charge < -0.3 is 9.80 Å². The van der Waals surface area contributed by atoms with Crippen molar-refractivity contribution in [3.63, 3.8) is 0 Å². The molecule has 1 aliphatic rings. The Bertz CT molecular complexity index is 1000. The van der Waals surface area contributed by atoms with E-state index in [4.69, 9.17) is 0 Å². The monoisotopic (exact) mass is 382 g/mol. The summed E-state index contributed by atoms with van der Waals surface area (Å²) in [6, 6.07) is 11.8. The SMILES string of the molecule is CN1CCN(c2ccc(CCC(=O)n3sc4ncccc4c3=O)cc2)CC1. The number of nitrogens with zero attached hydrogens (tertiary/aromatic N) is 4. The fourth-order valence-corrected chi connectivity index (χ4v) is 4.23. The first-order chi connectivity index (χ1) is 13.1. The third kappa shape index (κ3) is 3.79. The van der Waals surface area contributed by atoms with Crippen molar-refractivity contribution in [3.05, 3.63) is 58.5 Å². The summed E-state index contributed by atoms with van der Waals surface area (Å²) in [6.07, 6.45) is 2.56. The molecule has 0 N–H and O–H groups in total. The van der Waals surface area contributed by atoms with Crippen molar-refractivity contribution in [1.29, 1.82) is 0 Å². The molecule has 1 aromatic carbocycles. The minimum absolute atomic E-state index is 0.175. The largest absolute Gasteiger partial charge is 0.369 e. The second kappa shape index (κ2) is 7.62. The fourth-order valence-electron chi connectivity index (χ4n) is 3.32. The number of carbonyl (C=O) groups is 1. The smallest absolute Gasteiger partial charge is 0.277 e. The molecular formula is C20H22N4O2S. The molecule has 1 saturated heterocycles. The van der Waals surface area contributed by atoms with Crippen LogP contribution in [0.2, 0.25) is 0 Å². The molecule has 7 heteroatoms. The highest BCUT2D eigenvalue weighted by molar-refractivity contribution is 7.14. The van der Waals surface area contributed by atoms with Crippen molar-refractivity contribution >= 4 is 33.3 Å². The lowest BCUT2D eigenvalue weighted by molar-refractivity contribution is 0.0912. The molecule has 0 radical (unpaired) electrons. The zero-order chi connectivity index (χ0) is 18.8. The van der Waals surface area contributed by atoms with E-state index in [1.54, 1.807) is 18.3 Å². The van der Waals surface area contributed by atoms with Gasteiger partial charge in [-0.25, -0.2) is 4.98 Å². The maximum atomic E-state index is 12.5. The summed E-state index contributed by atoms with van der Waals surface area (Å²) in [4.78, 5) is 34.3. The van der Waals surface area contributed by atoms with Gasteiger partial charge in [-0.05, 0) is 54.8 Å². The van der Waals surface area contributed by atoms with Crippen molar-refractivity contribution in [1.82, 2.24) is 13.8 Å². The summed E-state index contributed by atoms with van der Waals surface area (Å²) in [5, 5.41) is 0.507. The molecule has 2 aromatic heterocycles. The predicted octanol–water partition coefficient (Wildman–Crippen LogP) is 2.48. The van der Waals surface area contributed by atoms with Crippen LogP contribution in [0.3, 0.4) is 0 Å². The normalized spacial score (nSPS) is 15.4. The molecule has 0 aliphatic carbocycles. The minimum Gasteiger partial charge on any atom is -0.369 e. The van der Waals surface area contributed by atoms with Crippen LogP contribution in [-0.2, 0) is 6.42 Å². The van der Waals surface area contributed by atoms with Gasteiger partial charge in [-0.3, -0.25) is 9.59 Å². The van der Waals surface area contributed by atoms with E-state index in [0.29, 0.717) is 23.1 Å². The molecule has 3 heterocycles. The number of hydrogen-bond acceptors (Lipinski definition) is 6. The lowest BCUT2D eigenvalue weighted by Gasteiger charge is -2.34. The molecule has 0 bridgehead atoms. The maximum absolute atomic E-state index is 12.5. The van der Waals surface area contributed by atoms with Gasteiger partial charge in [0.1, 0.15) is 4.83 Å². The summed E-state index contributed by atoms with van der Waals surface area (Å²) in [6.45, 7) is 4.23. The van der Waals surface area contributed by atoms with Crippen LogP contribution in [0.1, 0.15) is 16.8 Å². The first-order valence-electron chi connectivity index (χ1n) is 9.14. The Balaban J connectivity index is 1.40. The van der Waals surface area contributed by atoms with Gasteiger partial charge in [0.15, 0.2) is 0 Å². The Labute approximate surface area is 161 Å². The Kier molecular flexibility index (Phi) is 5.05. The van der Waals surface area contributed by atoms with Gasteiger partial charge in [0.05, 0.1) is 5.39 Å². The first-order valence-corrected chi connectivity index (χ1v) is 9.92. The van der Waals surface area contributed by atoms with Crippen molar-refractivity contribution < 1.29 is 4.79 Å². The van der Waals surface area contributed by atoms with Gasteiger partial charge in [0.2, 0.25) is 5.91 Å². The Hall–Kier alpha value is -2.51. The van der Waals surface area contributed by atoms with Crippen LogP contribution in [0.25, 0.3) is 10.2 Å². The number of pyridine rings is 1. The number of fused-ring (bicyclic) bond motifs is 1. The second-order valence-corrected chi connectivity index (χ2v) is 7.83. The Morgan fingerprint density at radius 3 is 2.56 bits per heavy atom. The highest BCUT2D eigenvalue weighted by atomic mass is 32.1. The number of carbonyl (C=O) groups excluding carboxylic acids is 1. The van der Waals surface area contributed by atoms with Gasteiger partial charge in [-0.15, -0.1) is 0 Å². The van der Waals surface area contributed by atoms with Gasteiger partial charge in [0, 0.05) is 44.5 Å². The second-order valence-electron chi connectivity index (χ2n) is 6.90. The summed E-state index contributed by atoms with van der Waals surface area (Å²) in [7, 11) is 2.15. The molecule has 0 amide bonds. The fraction of sp³-hybridized carbons (Fsp3) is 0.350. The third-order valence-electron chi connectivity index (χ3n) is 5.02. The highest BCUT2D eigenvalue weighted by Crippen LogP contribution is 2.18. The molecule has 1 aliphatic heterocycles. The molecule has 27 heavy (non-hydrogen) atoms. The van der Waals surface area contributed by atoms with Crippen LogP contribution in [0, 0.1) is 0 Å². The van der Waals surface area contributed by atoms with Gasteiger partial charge >= 0.3 is 0 Å². The number of aryl methyl sites for hydroxylation is 1. The molecule has 3 aromatic rings. The zero-order valence-electron chi connectivity index (χ0n) is 15.3. The van der Waals surface area contributed by atoms with Crippen LogP contribution >= 0.6 is 11.5 Å². The topological polar surface area (TPSA) is 58.4 Å². The van der Waals surface area contributed by atoms with Crippen LogP contribution in [-0.4, -0.2) is 53.0 Å². The molecular weight excluding hydrogens is 360 g/mol. The van der Waals surface area contributed by atoms with Crippen LogP contribution in [0.4, 0.5) is 5.69 Å².